The van der Waals surface area contributed by atoms with Gasteiger partial charge >= 0.3 is 6.03 Å². The zero-order valence-electron chi connectivity index (χ0n) is 7.68. The fraction of sp³-hybridized carbons (Fsp3) is 0.667. The third-order valence-electron chi connectivity index (χ3n) is 1.42. The summed E-state index contributed by atoms with van der Waals surface area (Å²) in [4.78, 5) is 10.8. The van der Waals surface area contributed by atoms with Crippen LogP contribution in [0.1, 0.15) is 26.2 Å². The molecule has 0 saturated heterocycles. The summed E-state index contributed by atoms with van der Waals surface area (Å²) in [7, 11) is 0. The van der Waals surface area contributed by atoms with Crippen molar-refractivity contribution < 1.29 is 4.79 Å². The quantitative estimate of drug-likeness (QED) is 0.477. The zero-order valence-corrected chi connectivity index (χ0v) is 7.68. The Hall–Kier alpha value is -0.990. The van der Waals surface area contributed by atoms with Crippen LogP contribution in [0.15, 0.2) is 12.7 Å². The number of carbonyl (C=O) groups excluding carboxylic acids is 1. The van der Waals surface area contributed by atoms with Gasteiger partial charge in [-0.3, -0.25) is 0 Å². The summed E-state index contributed by atoms with van der Waals surface area (Å²) in [6.07, 6.45) is 4.96. The second kappa shape index (κ2) is 8.11. The Morgan fingerprint density at radius 1 is 1.58 bits per heavy atom. The molecular formula is C9H17N2O. The maximum Gasteiger partial charge on any atom is 0.336 e. The maximum atomic E-state index is 10.8. The highest BCUT2D eigenvalue weighted by atomic mass is 16.2. The first-order chi connectivity index (χ1) is 5.81. The second-order valence-corrected chi connectivity index (χ2v) is 2.57. The first-order valence-electron chi connectivity index (χ1n) is 4.37. The molecule has 0 aromatic rings. The number of amides is 2. The highest BCUT2D eigenvalue weighted by molar-refractivity contribution is 5.73. The summed E-state index contributed by atoms with van der Waals surface area (Å²) in [5.74, 6) is 0. The van der Waals surface area contributed by atoms with Crippen molar-refractivity contribution in [3.8, 4) is 0 Å². The number of hydrogen-bond donors (Lipinski definition) is 1. The van der Waals surface area contributed by atoms with Gasteiger partial charge in [0.25, 0.3) is 0 Å². The molecule has 0 rings (SSSR count). The number of nitrogens with one attached hydrogen (secondary N) is 1. The number of nitrogens with zero attached hydrogens (tertiary/aromatic N) is 1. The van der Waals surface area contributed by atoms with Gasteiger partial charge in [0.05, 0.1) is 6.54 Å². The molecule has 0 saturated carbocycles. The molecule has 0 aliphatic heterocycles. The molecule has 0 atom stereocenters. The SMILES string of the molecule is C=CC[N]C(=O)NCCCCC. The van der Waals surface area contributed by atoms with Crippen LogP contribution >= 0.6 is 0 Å². The van der Waals surface area contributed by atoms with Crippen molar-refractivity contribution in [2.24, 2.45) is 0 Å². The van der Waals surface area contributed by atoms with Crippen LogP contribution in [0.4, 0.5) is 4.79 Å². The lowest BCUT2D eigenvalue weighted by atomic mass is 10.2. The molecule has 3 nitrogen and oxygen atoms in total. The molecule has 0 aromatic heterocycles. The minimum Gasteiger partial charge on any atom is -0.337 e. The minimum absolute atomic E-state index is 0.231. The highest BCUT2D eigenvalue weighted by Gasteiger charge is 1.97. The summed E-state index contributed by atoms with van der Waals surface area (Å²) < 4.78 is 0. The van der Waals surface area contributed by atoms with Crippen molar-refractivity contribution >= 4 is 6.03 Å². The van der Waals surface area contributed by atoms with Gasteiger partial charge in [0.1, 0.15) is 0 Å². The fourth-order valence-corrected chi connectivity index (χ4v) is 0.774. The average molecular weight is 169 g/mol. The van der Waals surface area contributed by atoms with E-state index in [4.69, 9.17) is 0 Å². The molecule has 0 aliphatic carbocycles. The molecule has 0 aromatic carbocycles. The van der Waals surface area contributed by atoms with Gasteiger partial charge in [-0.1, -0.05) is 25.8 Å². The molecule has 1 radical (unpaired) electrons. The normalized spacial score (nSPS) is 9.08. The highest BCUT2D eigenvalue weighted by Crippen LogP contribution is 1.90. The second-order valence-electron chi connectivity index (χ2n) is 2.57. The number of urea groups is 1. The number of hydrogen-bond acceptors (Lipinski definition) is 1. The first-order valence-corrected chi connectivity index (χ1v) is 4.37. The summed E-state index contributed by atoms with van der Waals surface area (Å²) in [6.45, 7) is 6.73. The van der Waals surface area contributed by atoms with E-state index >= 15 is 0 Å². The molecule has 0 bridgehead atoms. The molecular weight excluding hydrogens is 152 g/mol. The van der Waals surface area contributed by atoms with E-state index in [0.717, 1.165) is 19.4 Å². The largest absolute Gasteiger partial charge is 0.337 e. The van der Waals surface area contributed by atoms with E-state index in [1.54, 1.807) is 6.08 Å². The van der Waals surface area contributed by atoms with Crippen molar-refractivity contribution in [3.63, 3.8) is 0 Å². The van der Waals surface area contributed by atoms with Gasteiger partial charge in [0.2, 0.25) is 0 Å². The predicted molar refractivity (Wildman–Crippen MR) is 50.1 cm³/mol. The van der Waals surface area contributed by atoms with Crippen LogP contribution in [0, 0.1) is 0 Å². The van der Waals surface area contributed by atoms with Gasteiger partial charge < -0.3 is 5.32 Å². The van der Waals surface area contributed by atoms with E-state index in [9.17, 15) is 4.79 Å². The smallest absolute Gasteiger partial charge is 0.336 e. The molecule has 2 amide bonds. The van der Waals surface area contributed by atoms with Gasteiger partial charge in [-0.15, -0.1) is 6.58 Å². The molecule has 0 fully saturated rings. The Labute approximate surface area is 74.2 Å². The summed E-state index contributed by atoms with van der Waals surface area (Å²) in [5, 5.41) is 6.37. The topological polar surface area (TPSA) is 43.2 Å². The van der Waals surface area contributed by atoms with Gasteiger partial charge in [0, 0.05) is 6.54 Å². The summed E-state index contributed by atoms with van der Waals surface area (Å²) >= 11 is 0. The fourth-order valence-electron chi connectivity index (χ4n) is 0.774. The Morgan fingerprint density at radius 2 is 2.33 bits per heavy atom. The minimum atomic E-state index is -0.231. The Morgan fingerprint density at radius 3 is 2.92 bits per heavy atom. The van der Waals surface area contributed by atoms with Crippen molar-refractivity contribution in [1.82, 2.24) is 10.6 Å². The lowest BCUT2D eigenvalue weighted by Gasteiger charge is -2.02. The van der Waals surface area contributed by atoms with Crippen LogP contribution in [0.2, 0.25) is 0 Å². The number of rotatable bonds is 6. The molecule has 0 aliphatic rings. The van der Waals surface area contributed by atoms with Gasteiger partial charge in [-0.05, 0) is 6.42 Å². The van der Waals surface area contributed by atoms with E-state index in [2.05, 4.69) is 24.1 Å². The number of carbonyl (C=O) groups is 1. The van der Waals surface area contributed by atoms with Crippen LogP contribution in [-0.4, -0.2) is 19.1 Å². The van der Waals surface area contributed by atoms with Crippen molar-refractivity contribution in [1.29, 1.82) is 0 Å². The van der Waals surface area contributed by atoms with Crippen LogP contribution < -0.4 is 10.6 Å². The summed E-state index contributed by atoms with van der Waals surface area (Å²) in [6, 6.07) is -0.231. The Balaban J connectivity index is 3.13. The van der Waals surface area contributed by atoms with E-state index in [1.807, 2.05) is 0 Å². The maximum absolute atomic E-state index is 10.8. The van der Waals surface area contributed by atoms with Crippen LogP contribution in [-0.2, 0) is 0 Å². The van der Waals surface area contributed by atoms with Crippen LogP contribution in [0.3, 0.4) is 0 Å². The Bertz CT molecular complexity index is 134. The Kier molecular flexibility index (Phi) is 7.44. The van der Waals surface area contributed by atoms with Crippen molar-refractivity contribution in [2.45, 2.75) is 26.2 Å². The lowest BCUT2D eigenvalue weighted by molar-refractivity contribution is 0.241. The van der Waals surface area contributed by atoms with Gasteiger partial charge in [0.15, 0.2) is 0 Å². The van der Waals surface area contributed by atoms with Crippen LogP contribution in [0.5, 0.6) is 0 Å². The molecule has 69 valence electrons. The molecule has 0 unspecified atom stereocenters. The van der Waals surface area contributed by atoms with Crippen LogP contribution in [0.25, 0.3) is 0 Å². The van der Waals surface area contributed by atoms with E-state index in [1.165, 1.54) is 6.42 Å². The third-order valence-corrected chi connectivity index (χ3v) is 1.42. The molecule has 1 N–H and O–H groups in total. The van der Waals surface area contributed by atoms with Gasteiger partial charge in [-0.25, -0.2) is 10.1 Å². The van der Waals surface area contributed by atoms with E-state index in [0.29, 0.717) is 6.54 Å². The van der Waals surface area contributed by atoms with E-state index < -0.39 is 0 Å². The summed E-state index contributed by atoms with van der Waals surface area (Å²) in [5.41, 5.74) is 0. The monoisotopic (exact) mass is 169 g/mol. The molecule has 3 heteroatoms. The first kappa shape index (κ1) is 11.0. The molecule has 12 heavy (non-hydrogen) atoms. The third kappa shape index (κ3) is 7.12. The standard InChI is InChI=1S/C9H17N2O/c1-3-5-6-8-11-9(12)10-7-4-2/h4H,2-3,5-8H2,1H3,(H,11,12). The zero-order chi connectivity index (χ0) is 9.23. The van der Waals surface area contributed by atoms with E-state index in [-0.39, 0.29) is 6.03 Å². The van der Waals surface area contributed by atoms with Crippen molar-refractivity contribution in [2.75, 3.05) is 13.1 Å². The lowest BCUT2D eigenvalue weighted by Crippen LogP contribution is -2.31. The van der Waals surface area contributed by atoms with Gasteiger partial charge in [-0.2, -0.15) is 0 Å². The number of unbranched alkanes of at least 4 members (excludes halogenated alkanes) is 2. The van der Waals surface area contributed by atoms with Crippen molar-refractivity contribution in [3.05, 3.63) is 12.7 Å². The molecule has 0 heterocycles. The predicted octanol–water partition coefficient (Wildman–Crippen LogP) is 1.68. The average Bonchev–Trinajstić information content (AvgIpc) is 2.09. The molecule has 0 spiro atoms.